The van der Waals surface area contributed by atoms with Gasteiger partial charge >= 0.3 is 0 Å². The highest BCUT2D eigenvalue weighted by molar-refractivity contribution is 5.78. The maximum Gasteiger partial charge on any atom is 0.234 e. The third-order valence-electron chi connectivity index (χ3n) is 5.59. The molecule has 1 saturated heterocycles. The summed E-state index contributed by atoms with van der Waals surface area (Å²) in [5, 5.41) is 13.4. The van der Waals surface area contributed by atoms with Crippen LogP contribution in [0.1, 0.15) is 16.7 Å². The van der Waals surface area contributed by atoms with Crippen molar-refractivity contribution in [2.75, 3.05) is 39.3 Å². The van der Waals surface area contributed by atoms with Gasteiger partial charge in [-0.25, -0.2) is 0 Å². The summed E-state index contributed by atoms with van der Waals surface area (Å²) >= 11 is 0. The van der Waals surface area contributed by atoms with Crippen LogP contribution in [0.5, 0.6) is 5.75 Å². The monoisotopic (exact) mass is 395 g/mol. The molecule has 2 aromatic rings. The summed E-state index contributed by atoms with van der Waals surface area (Å²) in [5.74, 6) is 0.842. The van der Waals surface area contributed by atoms with Crippen molar-refractivity contribution in [3.05, 3.63) is 65.2 Å². The molecule has 4 rings (SSSR count). The lowest BCUT2D eigenvalue weighted by molar-refractivity contribution is -0.124. The molecule has 1 amide bonds. The van der Waals surface area contributed by atoms with Gasteiger partial charge in [0.15, 0.2) is 0 Å². The number of rotatable bonds is 7. The van der Waals surface area contributed by atoms with E-state index in [2.05, 4.69) is 39.4 Å². The summed E-state index contributed by atoms with van der Waals surface area (Å²) in [6, 6.07) is 16.4. The number of nitrogens with one attached hydrogen (secondary N) is 1. The summed E-state index contributed by atoms with van der Waals surface area (Å²) in [7, 11) is 0. The summed E-state index contributed by atoms with van der Waals surface area (Å²) in [4.78, 5) is 16.0. The topological polar surface area (TPSA) is 65.0 Å². The van der Waals surface area contributed by atoms with Crippen molar-refractivity contribution in [1.82, 2.24) is 15.1 Å². The second-order valence-electron chi connectivity index (χ2n) is 7.89. The zero-order chi connectivity index (χ0) is 20.1. The Morgan fingerprint density at radius 3 is 2.66 bits per heavy atom. The fourth-order valence-electron chi connectivity index (χ4n) is 4.09. The number of amides is 1. The summed E-state index contributed by atoms with van der Waals surface area (Å²) in [6.45, 7) is 5.29. The number of nitrogens with zero attached hydrogens (tertiary/aromatic N) is 2. The van der Waals surface area contributed by atoms with Gasteiger partial charge in [0.1, 0.15) is 18.5 Å². The fraction of sp³-hybridized carbons (Fsp3) is 0.435. The van der Waals surface area contributed by atoms with Gasteiger partial charge in [0.05, 0.1) is 6.54 Å². The largest absolute Gasteiger partial charge is 0.491 e. The van der Waals surface area contributed by atoms with E-state index in [4.69, 9.17) is 4.74 Å². The highest BCUT2D eigenvalue weighted by Gasteiger charge is 2.20. The molecule has 154 valence electrons. The van der Waals surface area contributed by atoms with Gasteiger partial charge in [-0.3, -0.25) is 14.6 Å². The molecule has 2 aromatic carbocycles. The van der Waals surface area contributed by atoms with Gasteiger partial charge in [0.2, 0.25) is 5.91 Å². The number of para-hydroxylation sites is 1. The number of fused-ring (bicyclic) bond motifs is 1. The molecule has 0 radical (unpaired) electrons. The van der Waals surface area contributed by atoms with Crippen molar-refractivity contribution >= 4 is 5.91 Å². The minimum absolute atomic E-state index is 0.0631. The van der Waals surface area contributed by atoms with Crippen LogP contribution in [-0.4, -0.2) is 66.2 Å². The van der Waals surface area contributed by atoms with Crippen LogP contribution in [0.3, 0.4) is 0 Å². The minimum Gasteiger partial charge on any atom is -0.491 e. The molecule has 1 fully saturated rings. The lowest BCUT2D eigenvalue weighted by Gasteiger charge is -2.30. The Balaban J connectivity index is 1.29. The van der Waals surface area contributed by atoms with E-state index in [1.54, 1.807) is 0 Å². The molecule has 0 saturated carbocycles. The molecule has 29 heavy (non-hydrogen) atoms. The Morgan fingerprint density at radius 2 is 1.79 bits per heavy atom. The molecule has 2 heterocycles. The molecule has 2 N–H and O–H groups in total. The number of aliphatic hydroxyl groups is 1. The number of carbonyl (C=O) groups is 1. The molecule has 0 unspecified atom stereocenters. The highest BCUT2D eigenvalue weighted by Crippen LogP contribution is 2.21. The molecule has 2 aliphatic heterocycles. The van der Waals surface area contributed by atoms with Crippen LogP contribution in [0.4, 0.5) is 0 Å². The summed E-state index contributed by atoms with van der Waals surface area (Å²) < 4.78 is 5.97. The Bertz CT molecular complexity index is 842. The van der Waals surface area contributed by atoms with Crippen LogP contribution in [0.2, 0.25) is 0 Å². The molecule has 0 bridgehead atoms. The van der Waals surface area contributed by atoms with Crippen molar-refractivity contribution in [1.29, 1.82) is 0 Å². The first-order valence-electron chi connectivity index (χ1n) is 10.3. The lowest BCUT2D eigenvalue weighted by Crippen LogP contribution is -2.47. The van der Waals surface area contributed by atoms with Gasteiger partial charge in [-0.1, -0.05) is 42.5 Å². The molecule has 0 spiro atoms. The maximum absolute atomic E-state index is 11.6. The van der Waals surface area contributed by atoms with E-state index in [1.807, 2.05) is 24.3 Å². The SMILES string of the molecule is O=C1CN(Cc2ccccc2OC[C@H](O)CN2CCc3ccccc3C2)CCN1. The van der Waals surface area contributed by atoms with Crippen LogP contribution in [-0.2, 0) is 24.3 Å². The normalized spacial score (nSPS) is 18.7. The van der Waals surface area contributed by atoms with Crippen molar-refractivity contribution in [2.45, 2.75) is 25.6 Å². The number of β-amino-alcohol motifs (C(OH)–C–C–N with tert-alkyl or cyclic N) is 1. The third-order valence-corrected chi connectivity index (χ3v) is 5.59. The maximum atomic E-state index is 11.6. The number of benzene rings is 2. The molecule has 0 aromatic heterocycles. The van der Waals surface area contributed by atoms with Crippen molar-refractivity contribution in [3.8, 4) is 5.75 Å². The summed E-state index contributed by atoms with van der Waals surface area (Å²) in [5.41, 5.74) is 3.80. The van der Waals surface area contributed by atoms with E-state index < -0.39 is 6.10 Å². The van der Waals surface area contributed by atoms with Crippen molar-refractivity contribution < 1.29 is 14.6 Å². The number of hydrogen-bond donors (Lipinski definition) is 2. The van der Waals surface area contributed by atoms with Crippen LogP contribution in [0, 0.1) is 0 Å². The van der Waals surface area contributed by atoms with E-state index in [0.29, 0.717) is 26.2 Å². The van der Waals surface area contributed by atoms with Crippen molar-refractivity contribution in [2.24, 2.45) is 0 Å². The predicted octanol–water partition coefficient (Wildman–Crippen LogP) is 1.42. The fourth-order valence-corrected chi connectivity index (χ4v) is 4.09. The number of ether oxygens (including phenoxy) is 1. The van der Waals surface area contributed by atoms with Crippen LogP contribution in [0.15, 0.2) is 48.5 Å². The predicted molar refractivity (Wildman–Crippen MR) is 112 cm³/mol. The van der Waals surface area contributed by atoms with Gasteiger partial charge < -0.3 is 15.2 Å². The van der Waals surface area contributed by atoms with Crippen molar-refractivity contribution in [3.63, 3.8) is 0 Å². The minimum atomic E-state index is -0.547. The van der Waals surface area contributed by atoms with Gasteiger partial charge in [-0.05, 0) is 23.6 Å². The Morgan fingerprint density at radius 1 is 1.00 bits per heavy atom. The smallest absolute Gasteiger partial charge is 0.234 e. The zero-order valence-corrected chi connectivity index (χ0v) is 16.7. The van der Waals surface area contributed by atoms with Crippen LogP contribution < -0.4 is 10.1 Å². The second-order valence-corrected chi connectivity index (χ2v) is 7.89. The first-order chi connectivity index (χ1) is 14.2. The van der Waals surface area contributed by atoms with E-state index in [1.165, 1.54) is 11.1 Å². The van der Waals surface area contributed by atoms with E-state index in [0.717, 1.165) is 37.4 Å². The van der Waals surface area contributed by atoms with E-state index in [-0.39, 0.29) is 12.5 Å². The number of hydrogen-bond acceptors (Lipinski definition) is 5. The molecule has 6 nitrogen and oxygen atoms in total. The van der Waals surface area contributed by atoms with Gasteiger partial charge in [0.25, 0.3) is 0 Å². The summed E-state index contributed by atoms with van der Waals surface area (Å²) in [6.07, 6.45) is 0.477. The molecule has 0 aliphatic carbocycles. The standard InChI is InChI=1S/C23H29N3O3/c27-21(15-25-11-9-18-5-1-2-6-19(18)13-25)17-29-22-8-4-3-7-20(22)14-26-12-10-24-23(28)16-26/h1-8,21,27H,9-17H2,(H,24,28)/t21-/m1/s1. The van der Waals surface area contributed by atoms with Crippen LogP contribution in [0.25, 0.3) is 0 Å². The molecule has 1 atom stereocenters. The van der Waals surface area contributed by atoms with Gasteiger partial charge in [0, 0.05) is 44.8 Å². The highest BCUT2D eigenvalue weighted by atomic mass is 16.5. The van der Waals surface area contributed by atoms with Crippen LogP contribution >= 0.6 is 0 Å². The zero-order valence-electron chi connectivity index (χ0n) is 16.7. The van der Waals surface area contributed by atoms with E-state index in [9.17, 15) is 9.90 Å². The Labute approximate surface area is 172 Å². The molecule has 2 aliphatic rings. The first kappa shape index (κ1) is 19.9. The van der Waals surface area contributed by atoms with Gasteiger partial charge in [-0.2, -0.15) is 0 Å². The molecular weight excluding hydrogens is 366 g/mol. The number of carbonyl (C=O) groups excluding carboxylic acids is 1. The van der Waals surface area contributed by atoms with E-state index >= 15 is 0 Å². The molecular formula is C23H29N3O3. The quantitative estimate of drug-likeness (QED) is 0.742. The number of piperazine rings is 1. The Kier molecular flexibility index (Phi) is 6.44. The molecule has 6 heteroatoms. The first-order valence-corrected chi connectivity index (χ1v) is 10.3. The third kappa shape index (κ3) is 5.35. The lowest BCUT2D eigenvalue weighted by atomic mass is 10.00. The second kappa shape index (κ2) is 9.39. The average molecular weight is 396 g/mol. The Hall–Kier alpha value is -2.41. The number of aliphatic hydroxyl groups excluding tert-OH is 1. The average Bonchev–Trinajstić information content (AvgIpc) is 2.73. The van der Waals surface area contributed by atoms with Gasteiger partial charge in [-0.15, -0.1) is 0 Å².